The minimum absolute atomic E-state index is 0.109. The molecule has 1 fully saturated rings. The Labute approximate surface area is 248 Å². The molecule has 6 rings (SSSR count). The van der Waals surface area contributed by atoms with Gasteiger partial charge in [-0.3, -0.25) is 9.78 Å². The third-order valence-corrected chi connectivity index (χ3v) is 8.20. The number of hydrogen-bond acceptors (Lipinski definition) is 5. The molecule has 0 bridgehead atoms. The smallest absolute Gasteiger partial charge is 0.220 e. The first-order valence-corrected chi connectivity index (χ1v) is 14.2. The van der Waals surface area contributed by atoms with Gasteiger partial charge in [0.15, 0.2) is 0 Å². The first-order chi connectivity index (χ1) is 20.0. The van der Waals surface area contributed by atoms with E-state index >= 15 is 0 Å². The molecule has 0 spiro atoms. The van der Waals surface area contributed by atoms with Gasteiger partial charge in [-0.25, -0.2) is 4.98 Å². The van der Waals surface area contributed by atoms with Gasteiger partial charge in [-0.15, -0.1) is 0 Å². The van der Waals surface area contributed by atoms with Crippen molar-refractivity contribution in [1.82, 2.24) is 20.6 Å². The highest BCUT2D eigenvalue weighted by atomic mass is 35.5. The van der Waals surface area contributed by atoms with Crippen LogP contribution in [0, 0.1) is 0 Å². The minimum Gasteiger partial charge on any atom is -0.481 e. The Morgan fingerprint density at radius 2 is 1.66 bits per heavy atom. The van der Waals surface area contributed by atoms with Crippen LogP contribution in [-0.4, -0.2) is 35.6 Å². The lowest BCUT2D eigenvalue weighted by molar-refractivity contribution is -0.119. The molecule has 1 atom stereocenters. The molecule has 1 aliphatic heterocycles. The zero-order valence-electron chi connectivity index (χ0n) is 22.5. The number of nitrogens with one attached hydrogen (secondary N) is 2. The Balaban J connectivity index is 1.29. The van der Waals surface area contributed by atoms with Gasteiger partial charge < -0.3 is 15.4 Å². The van der Waals surface area contributed by atoms with Gasteiger partial charge in [0.2, 0.25) is 11.8 Å². The molecule has 2 aromatic heterocycles. The van der Waals surface area contributed by atoms with E-state index in [-0.39, 0.29) is 11.9 Å². The van der Waals surface area contributed by atoms with Gasteiger partial charge in [-0.2, -0.15) is 0 Å². The number of aromatic nitrogens is 2. The standard InChI is InChI=1S/C33H28Cl2N4O2/c1-41-33-21(17-36-19-23-13-15-30(40)38-23)12-14-29(39-33)27-10-5-9-26(32(27)35)25-8-4-7-24(31(25)34)22-16-20-6-2-3-11-28(20)37-18-22/h2-12,14,16,18,23,36H,13,15,17,19H2,1H3,(H,38,40)/t23-/m0/s1. The molecule has 2 N–H and O–H groups in total. The Kier molecular flexibility index (Phi) is 7.88. The topological polar surface area (TPSA) is 76.1 Å². The van der Waals surface area contributed by atoms with Crippen molar-refractivity contribution in [1.29, 1.82) is 0 Å². The van der Waals surface area contributed by atoms with E-state index < -0.39 is 0 Å². The van der Waals surface area contributed by atoms with E-state index in [0.717, 1.165) is 50.7 Å². The van der Waals surface area contributed by atoms with Crippen molar-refractivity contribution in [2.75, 3.05) is 13.7 Å². The maximum absolute atomic E-state index is 11.5. The maximum atomic E-state index is 11.5. The number of para-hydroxylation sites is 1. The number of benzene rings is 3. The zero-order valence-corrected chi connectivity index (χ0v) is 24.0. The lowest BCUT2D eigenvalue weighted by Gasteiger charge is -2.16. The summed E-state index contributed by atoms with van der Waals surface area (Å²) < 4.78 is 5.63. The van der Waals surface area contributed by atoms with Crippen LogP contribution in [0.15, 0.2) is 85.1 Å². The molecule has 3 aromatic carbocycles. The molecule has 8 heteroatoms. The molecule has 206 valence electrons. The van der Waals surface area contributed by atoms with Crippen LogP contribution in [0.25, 0.3) is 44.4 Å². The highest BCUT2D eigenvalue weighted by molar-refractivity contribution is 6.39. The monoisotopic (exact) mass is 582 g/mol. The number of ether oxygens (including phenoxy) is 1. The lowest BCUT2D eigenvalue weighted by atomic mass is 9.97. The van der Waals surface area contributed by atoms with Gasteiger partial charge in [0.1, 0.15) is 0 Å². The van der Waals surface area contributed by atoms with Gasteiger partial charge >= 0.3 is 0 Å². The Morgan fingerprint density at radius 1 is 0.927 bits per heavy atom. The number of amides is 1. The first-order valence-electron chi connectivity index (χ1n) is 13.5. The van der Waals surface area contributed by atoms with Crippen molar-refractivity contribution in [2.45, 2.75) is 25.4 Å². The Hall–Kier alpha value is -3.97. The van der Waals surface area contributed by atoms with Crippen LogP contribution in [0.1, 0.15) is 18.4 Å². The summed E-state index contributed by atoms with van der Waals surface area (Å²) in [5.41, 5.74) is 6.81. The molecule has 1 aliphatic rings. The van der Waals surface area contributed by atoms with Crippen molar-refractivity contribution in [3.05, 3.63) is 101 Å². The molecule has 1 amide bonds. The van der Waals surface area contributed by atoms with Gasteiger partial charge in [0.25, 0.3) is 0 Å². The SMILES string of the molecule is COc1nc(-c2cccc(-c3cccc(-c4cnc5ccccc5c4)c3Cl)c2Cl)ccc1CNC[C@@H]1CCC(=O)N1. The second-order valence-corrected chi connectivity index (χ2v) is 10.8. The molecule has 1 saturated heterocycles. The molecule has 5 aromatic rings. The summed E-state index contributed by atoms with van der Waals surface area (Å²) in [6.45, 7) is 1.27. The third kappa shape index (κ3) is 5.64. The highest BCUT2D eigenvalue weighted by Crippen LogP contribution is 2.42. The van der Waals surface area contributed by atoms with Crippen LogP contribution < -0.4 is 15.4 Å². The van der Waals surface area contributed by atoms with Gasteiger partial charge in [0.05, 0.1) is 28.4 Å². The number of pyridine rings is 2. The average Bonchev–Trinajstić information content (AvgIpc) is 3.42. The molecule has 6 nitrogen and oxygen atoms in total. The Bertz CT molecular complexity index is 1760. The molecule has 0 saturated carbocycles. The van der Waals surface area contributed by atoms with Crippen molar-refractivity contribution in [3.8, 4) is 39.4 Å². The first kappa shape index (κ1) is 27.2. The number of carbonyl (C=O) groups excluding carboxylic acids is 1. The van der Waals surface area contributed by atoms with E-state index in [1.807, 2.05) is 79.0 Å². The van der Waals surface area contributed by atoms with Crippen molar-refractivity contribution in [2.24, 2.45) is 0 Å². The number of carbonyl (C=O) groups is 1. The molecule has 0 aliphatic carbocycles. The number of hydrogen-bond donors (Lipinski definition) is 2. The number of halogens is 2. The van der Waals surface area contributed by atoms with Crippen LogP contribution in [0.2, 0.25) is 10.0 Å². The number of nitrogens with zero attached hydrogens (tertiary/aromatic N) is 2. The van der Waals surface area contributed by atoms with E-state index in [1.54, 1.807) is 7.11 Å². The van der Waals surface area contributed by atoms with Crippen molar-refractivity contribution >= 4 is 40.0 Å². The molecular formula is C33H28Cl2N4O2. The van der Waals surface area contributed by atoms with Crippen molar-refractivity contribution < 1.29 is 9.53 Å². The predicted molar refractivity (Wildman–Crippen MR) is 165 cm³/mol. The molecule has 41 heavy (non-hydrogen) atoms. The van der Waals surface area contributed by atoms with Gasteiger partial charge in [0, 0.05) is 70.5 Å². The number of rotatable bonds is 8. The Morgan fingerprint density at radius 3 is 2.41 bits per heavy atom. The summed E-state index contributed by atoms with van der Waals surface area (Å²) in [5.74, 6) is 0.633. The van der Waals surface area contributed by atoms with Crippen LogP contribution >= 0.6 is 23.2 Å². The second-order valence-electron chi connectivity index (χ2n) is 10.0. The van der Waals surface area contributed by atoms with Crippen molar-refractivity contribution in [3.63, 3.8) is 0 Å². The lowest BCUT2D eigenvalue weighted by Crippen LogP contribution is -2.35. The summed E-state index contributed by atoms with van der Waals surface area (Å²) in [6, 6.07) is 26.0. The average molecular weight is 584 g/mol. The molecular weight excluding hydrogens is 555 g/mol. The summed E-state index contributed by atoms with van der Waals surface area (Å²) in [4.78, 5) is 20.8. The highest BCUT2D eigenvalue weighted by Gasteiger charge is 2.21. The van der Waals surface area contributed by atoms with Gasteiger partial charge in [-0.05, 0) is 24.6 Å². The summed E-state index contributed by atoms with van der Waals surface area (Å²) in [5, 5.41) is 8.58. The molecule has 0 unspecified atom stereocenters. The fourth-order valence-electron chi connectivity index (χ4n) is 5.26. The summed E-state index contributed by atoms with van der Waals surface area (Å²) in [7, 11) is 1.61. The predicted octanol–water partition coefficient (Wildman–Crippen LogP) is 7.31. The van der Waals surface area contributed by atoms with Crippen LogP contribution in [0.4, 0.5) is 0 Å². The van der Waals surface area contributed by atoms with E-state index in [4.69, 9.17) is 32.9 Å². The van der Waals surface area contributed by atoms with Crippen LogP contribution in [0.5, 0.6) is 5.88 Å². The fourth-order valence-corrected chi connectivity index (χ4v) is 5.92. The number of fused-ring (bicyclic) bond motifs is 1. The quantitative estimate of drug-likeness (QED) is 0.200. The van der Waals surface area contributed by atoms with E-state index in [9.17, 15) is 4.79 Å². The molecule has 0 radical (unpaired) electrons. The second kappa shape index (κ2) is 11.9. The maximum Gasteiger partial charge on any atom is 0.220 e. The third-order valence-electron chi connectivity index (χ3n) is 7.39. The van der Waals surface area contributed by atoms with Crippen LogP contribution in [0.3, 0.4) is 0 Å². The number of methoxy groups -OCH3 is 1. The van der Waals surface area contributed by atoms with E-state index in [1.165, 1.54) is 0 Å². The van der Waals surface area contributed by atoms with E-state index in [2.05, 4.69) is 21.7 Å². The normalized spacial score (nSPS) is 14.8. The van der Waals surface area contributed by atoms with Gasteiger partial charge in [-0.1, -0.05) is 83.9 Å². The summed E-state index contributed by atoms with van der Waals surface area (Å²) >= 11 is 14.1. The fraction of sp³-hybridized carbons (Fsp3) is 0.182. The largest absolute Gasteiger partial charge is 0.481 e. The minimum atomic E-state index is 0.109. The molecule has 3 heterocycles. The van der Waals surface area contributed by atoms with E-state index in [0.29, 0.717) is 41.1 Å². The zero-order chi connectivity index (χ0) is 28.3. The summed E-state index contributed by atoms with van der Waals surface area (Å²) in [6.07, 6.45) is 3.28. The van der Waals surface area contributed by atoms with Crippen LogP contribution in [-0.2, 0) is 11.3 Å².